The fourth-order valence-electron chi connectivity index (χ4n) is 1.71. The van der Waals surface area contributed by atoms with Gasteiger partial charge in [0.2, 0.25) is 5.91 Å². The molecule has 0 fully saturated rings. The predicted molar refractivity (Wildman–Crippen MR) is 95.3 cm³/mol. The fraction of sp³-hybridized carbons (Fsp3) is 0.375. The summed E-state index contributed by atoms with van der Waals surface area (Å²) in [6.07, 6.45) is -1.11. The number of thioether (sulfide) groups is 1. The van der Waals surface area contributed by atoms with Crippen LogP contribution < -0.4 is 16.0 Å². The molecule has 0 aromatic heterocycles. The van der Waals surface area contributed by atoms with E-state index >= 15 is 0 Å². The minimum atomic E-state index is -1.11. The van der Waals surface area contributed by atoms with Gasteiger partial charge in [0, 0.05) is 12.7 Å². The van der Waals surface area contributed by atoms with Crippen LogP contribution in [0.4, 0.5) is 10.5 Å². The second kappa shape index (κ2) is 10.3. The zero-order chi connectivity index (χ0) is 18.8. The van der Waals surface area contributed by atoms with E-state index in [-0.39, 0.29) is 17.4 Å². The van der Waals surface area contributed by atoms with Gasteiger partial charge in [0.05, 0.1) is 11.5 Å². The molecule has 0 spiro atoms. The van der Waals surface area contributed by atoms with Crippen LogP contribution in [0.5, 0.6) is 0 Å². The number of imide groups is 1. The zero-order valence-electron chi connectivity index (χ0n) is 14.3. The van der Waals surface area contributed by atoms with Crippen molar-refractivity contribution in [2.24, 2.45) is 0 Å². The van der Waals surface area contributed by atoms with Crippen molar-refractivity contribution >= 4 is 41.3 Å². The number of carbonyl (C=O) groups is 4. The normalized spacial score (nSPS) is 11.2. The molecule has 4 amide bonds. The van der Waals surface area contributed by atoms with Gasteiger partial charge in [-0.25, -0.2) is 4.79 Å². The van der Waals surface area contributed by atoms with Gasteiger partial charge in [-0.2, -0.15) is 0 Å². The first-order valence-corrected chi connectivity index (χ1v) is 8.63. The van der Waals surface area contributed by atoms with Gasteiger partial charge in [-0.1, -0.05) is 12.1 Å². The SMILES string of the molecule is CNC(=O)NC(=O)[C@H](C)OC(=O)CSCC(=O)Nc1cccc(C)c1. The molecule has 0 saturated heterocycles. The summed E-state index contributed by atoms with van der Waals surface area (Å²) in [5, 5.41) is 6.94. The van der Waals surface area contributed by atoms with Crippen LogP contribution in [0, 0.1) is 6.92 Å². The van der Waals surface area contributed by atoms with Crippen molar-refractivity contribution < 1.29 is 23.9 Å². The number of esters is 1. The summed E-state index contributed by atoms with van der Waals surface area (Å²) in [5.74, 6) is -1.63. The molecule has 0 unspecified atom stereocenters. The van der Waals surface area contributed by atoms with Crippen LogP contribution in [0.25, 0.3) is 0 Å². The Morgan fingerprint density at radius 3 is 2.56 bits per heavy atom. The van der Waals surface area contributed by atoms with E-state index in [0.29, 0.717) is 5.69 Å². The highest BCUT2D eigenvalue weighted by atomic mass is 32.2. The van der Waals surface area contributed by atoms with Crippen LogP contribution in [-0.2, 0) is 19.1 Å². The highest BCUT2D eigenvalue weighted by Gasteiger charge is 2.19. The van der Waals surface area contributed by atoms with Gasteiger partial charge < -0.3 is 15.4 Å². The molecule has 3 N–H and O–H groups in total. The molecule has 0 saturated carbocycles. The molecule has 0 bridgehead atoms. The van der Waals surface area contributed by atoms with Crippen molar-refractivity contribution in [2.45, 2.75) is 20.0 Å². The Kier molecular flexibility index (Phi) is 8.48. The summed E-state index contributed by atoms with van der Waals surface area (Å²) in [6.45, 7) is 3.27. The van der Waals surface area contributed by atoms with E-state index in [0.717, 1.165) is 17.3 Å². The predicted octanol–water partition coefficient (Wildman–Crippen LogP) is 1.05. The Hall–Kier alpha value is -2.55. The molecular weight excluding hydrogens is 346 g/mol. The Balaban J connectivity index is 2.28. The molecule has 1 rings (SSSR count). The first-order chi connectivity index (χ1) is 11.8. The minimum Gasteiger partial charge on any atom is -0.452 e. The van der Waals surface area contributed by atoms with E-state index < -0.39 is 24.0 Å². The van der Waals surface area contributed by atoms with E-state index in [4.69, 9.17) is 4.74 Å². The topological polar surface area (TPSA) is 114 Å². The summed E-state index contributed by atoms with van der Waals surface area (Å²) in [7, 11) is 1.36. The van der Waals surface area contributed by atoms with E-state index in [1.54, 1.807) is 6.07 Å². The Morgan fingerprint density at radius 1 is 1.20 bits per heavy atom. The summed E-state index contributed by atoms with van der Waals surface area (Å²) >= 11 is 1.07. The average molecular weight is 367 g/mol. The summed E-state index contributed by atoms with van der Waals surface area (Å²) in [5.41, 5.74) is 1.71. The average Bonchev–Trinajstić information content (AvgIpc) is 2.54. The Bertz CT molecular complexity index is 650. The van der Waals surface area contributed by atoms with Crippen molar-refractivity contribution in [2.75, 3.05) is 23.9 Å². The molecule has 0 aliphatic rings. The monoisotopic (exact) mass is 367 g/mol. The number of carbonyl (C=O) groups excluding carboxylic acids is 4. The molecule has 0 radical (unpaired) electrons. The van der Waals surface area contributed by atoms with Crippen LogP contribution in [-0.4, -0.2) is 48.5 Å². The summed E-state index contributed by atoms with van der Waals surface area (Å²) in [6, 6.07) is 6.68. The molecule has 0 aliphatic heterocycles. The number of anilines is 1. The first kappa shape index (κ1) is 20.5. The van der Waals surface area contributed by atoms with Gasteiger partial charge in [-0.05, 0) is 31.5 Å². The molecule has 0 heterocycles. The molecule has 0 aliphatic carbocycles. The number of benzene rings is 1. The lowest BCUT2D eigenvalue weighted by molar-refractivity contribution is -0.151. The zero-order valence-corrected chi connectivity index (χ0v) is 15.1. The number of hydrogen-bond donors (Lipinski definition) is 3. The largest absolute Gasteiger partial charge is 0.452 e. The number of amides is 4. The van der Waals surface area contributed by atoms with Gasteiger partial charge in [0.1, 0.15) is 0 Å². The number of rotatable bonds is 7. The van der Waals surface area contributed by atoms with E-state index in [1.807, 2.05) is 30.4 Å². The molecule has 8 nitrogen and oxygen atoms in total. The van der Waals surface area contributed by atoms with Crippen molar-refractivity contribution in [1.29, 1.82) is 0 Å². The van der Waals surface area contributed by atoms with E-state index in [2.05, 4.69) is 10.6 Å². The van der Waals surface area contributed by atoms with Gasteiger partial charge in [0.15, 0.2) is 6.10 Å². The number of nitrogens with one attached hydrogen (secondary N) is 3. The third kappa shape index (κ3) is 8.20. The van der Waals surface area contributed by atoms with Crippen LogP contribution in [0.1, 0.15) is 12.5 Å². The van der Waals surface area contributed by atoms with Crippen molar-refractivity contribution in [3.63, 3.8) is 0 Å². The van der Waals surface area contributed by atoms with E-state index in [9.17, 15) is 19.2 Å². The summed E-state index contributed by atoms with van der Waals surface area (Å²) in [4.78, 5) is 46.0. The van der Waals surface area contributed by atoms with Crippen LogP contribution in [0.2, 0.25) is 0 Å². The van der Waals surface area contributed by atoms with Crippen molar-refractivity contribution in [1.82, 2.24) is 10.6 Å². The third-order valence-corrected chi connectivity index (χ3v) is 3.80. The lowest BCUT2D eigenvalue weighted by atomic mass is 10.2. The van der Waals surface area contributed by atoms with Gasteiger partial charge in [-0.3, -0.25) is 19.7 Å². The molecule has 9 heteroatoms. The standard InChI is InChI=1S/C16H21N3O5S/c1-10-5-4-6-12(7-10)18-13(20)8-25-9-14(21)24-11(2)15(22)19-16(23)17-3/h4-7,11H,8-9H2,1-3H3,(H,18,20)(H2,17,19,22,23)/t11-/m0/s1. The van der Waals surface area contributed by atoms with Crippen LogP contribution >= 0.6 is 11.8 Å². The van der Waals surface area contributed by atoms with Gasteiger partial charge >= 0.3 is 12.0 Å². The smallest absolute Gasteiger partial charge is 0.321 e. The van der Waals surface area contributed by atoms with Gasteiger partial charge in [-0.15, -0.1) is 11.8 Å². The molecular formula is C16H21N3O5S. The molecule has 1 atom stereocenters. The molecule has 136 valence electrons. The highest BCUT2D eigenvalue weighted by molar-refractivity contribution is 8.00. The second-order valence-corrected chi connectivity index (χ2v) is 6.10. The lowest BCUT2D eigenvalue weighted by Crippen LogP contribution is -2.43. The van der Waals surface area contributed by atoms with Crippen LogP contribution in [0.15, 0.2) is 24.3 Å². The maximum Gasteiger partial charge on any atom is 0.321 e. The third-order valence-electron chi connectivity index (χ3n) is 2.90. The second-order valence-electron chi connectivity index (χ2n) is 5.11. The van der Waals surface area contributed by atoms with E-state index in [1.165, 1.54) is 14.0 Å². The highest BCUT2D eigenvalue weighted by Crippen LogP contribution is 2.10. The van der Waals surface area contributed by atoms with Crippen molar-refractivity contribution in [3.8, 4) is 0 Å². The van der Waals surface area contributed by atoms with Crippen LogP contribution in [0.3, 0.4) is 0 Å². The quantitative estimate of drug-likeness (QED) is 0.621. The number of aryl methyl sites for hydroxylation is 1. The Morgan fingerprint density at radius 2 is 1.92 bits per heavy atom. The molecule has 1 aromatic carbocycles. The minimum absolute atomic E-state index is 0.0713. The maximum absolute atomic E-state index is 11.8. The first-order valence-electron chi connectivity index (χ1n) is 7.48. The number of ether oxygens (including phenoxy) is 1. The lowest BCUT2D eigenvalue weighted by Gasteiger charge is -2.12. The summed E-state index contributed by atoms with van der Waals surface area (Å²) < 4.78 is 4.89. The molecule has 25 heavy (non-hydrogen) atoms. The maximum atomic E-state index is 11.8. The molecule has 1 aromatic rings. The van der Waals surface area contributed by atoms with Gasteiger partial charge in [0.25, 0.3) is 5.91 Å². The fourth-order valence-corrected chi connectivity index (χ4v) is 2.30. The number of urea groups is 1. The number of hydrogen-bond acceptors (Lipinski definition) is 6. The Labute approximate surface area is 150 Å². The van der Waals surface area contributed by atoms with Crippen molar-refractivity contribution in [3.05, 3.63) is 29.8 Å².